The summed E-state index contributed by atoms with van der Waals surface area (Å²) in [7, 11) is 0. The van der Waals surface area contributed by atoms with E-state index in [1.165, 1.54) is 0 Å². The average Bonchev–Trinajstić information content (AvgIpc) is 3.17. The highest BCUT2D eigenvalue weighted by atomic mass is 35.5. The van der Waals surface area contributed by atoms with Gasteiger partial charge >= 0.3 is 0 Å². The fourth-order valence-corrected chi connectivity index (χ4v) is 3.14. The molecule has 0 saturated carbocycles. The molecule has 1 unspecified atom stereocenters. The number of furan rings is 1. The van der Waals surface area contributed by atoms with Crippen LogP contribution in [0, 0.1) is 0 Å². The van der Waals surface area contributed by atoms with E-state index in [4.69, 9.17) is 16.0 Å². The summed E-state index contributed by atoms with van der Waals surface area (Å²) in [6.07, 6.45) is 1.45. The van der Waals surface area contributed by atoms with Gasteiger partial charge in [-0.3, -0.25) is 5.43 Å². The number of rotatable bonds is 2. The van der Waals surface area contributed by atoms with E-state index in [0.717, 1.165) is 27.2 Å². The zero-order valence-corrected chi connectivity index (χ0v) is 12.4. The molecule has 106 valence electrons. The number of benzene rings is 1. The Labute approximate surface area is 130 Å². The topological polar surface area (TPSA) is 52.8 Å². The van der Waals surface area contributed by atoms with Crippen LogP contribution in [0.5, 0.6) is 0 Å². The molecule has 5 nitrogen and oxygen atoms in total. The molecule has 3 heterocycles. The lowest BCUT2D eigenvalue weighted by Gasteiger charge is -2.31. The molecule has 21 heavy (non-hydrogen) atoms. The number of fused-ring (bicyclic) bond motifs is 1. The summed E-state index contributed by atoms with van der Waals surface area (Å²) >= 11 is 7.50. The van der Waals surface area contributed by atoms with Gasteiger partial charge in [-0.1, -0.05) is 35.5 Å². The number of hydrazone groups is 1. The summed E-state index contributed by atoms with van der Waals surface area (Å²) in [4.78, 5) is 0. The predicted molar refractivity (Wildman–Crippen MR) is 84.0 cm³/mol. The Morgan fingerprint density at radius 2 is 2.10 bits per heavy atom. The molecule has 0 aliphatic carbocycles. The molecule has 0 fully saturated rings. The Kier molecular flexibility index (Phi) is 3.14. The Bertz CT molecular complexity index is 711. The first kappa shape index (κ1) is 12.8. The SMILES string of the molecule is Clc1ccc(C2=CSC3=NNC(c4ccco4)NN23)cc1. The quantitative estimate of drug-likeness (QED) is 0.889. The van der Waals surface area contributed by atoms with E-state index in [1.807, 2.05) is 41.4 Å². The number of hydrogen-bond donors (Lipinski definition) is 2. The third-order valence-corrected chi connectivity index (χ3v) is 4.30. The van der Waals surface area contributed by atoms with Gasteiger partial charge in [0.2, 0.25) is 5.17 Å². The molecule has 1 atom stereocenters. The molecule has 0 spiro atoms. The van der Waals surface area contributed by atoms with Crippen LogP contribution in [0.1, 0.15) is 17.5 Å². The van der Waals surface area contributed by atoms with Crippen LogP contribution in [-0.4, -0.2) is 10.2 Å². The summed E-state index contributed by atoms with van der Waals surface area (Å²) in [6, 6.07) is 11.5. The van der Waals surface area contributed by atoms with Gasteiger partial charge in [0.05, 0.1) is 12.0 Å². The van der Waals surface area contributed by atoms with Crippen LogP contribution in [0.4, 0.5) is 0 Å². The highest BCUT2D eigenvalue weighted by Gasteiger charge is 2.31. The average molecular weight is 319 g/mol. The van der Waals surface area contributed by atoms with Crippen LogP contribution >= 0.6 is 23.4 Å². The Hall–Kier alpha value is -1.89. The van der Waals surface area contributed by atoms with Crippen LogP contribution < -0.4 is 10.9 Å². The molecule has 0 radical (unpaired) electrons. The second-order valence-electron chi connectivity index (χ2n) is 4.56. The normalized spacial score (nSPS) is 20.6. The molecule has 1 aromatic carbocycles. The van der Waals surface area contributed by atoms with Crippen molar-refractivity contribution in [2.75, 3.05) is 0 Å². The van der Waals surface area contributed by atoms with Crippen molar-refractivity contribution in [3.63, 3.8) is 0 Å². The summed E-state index contributed by atoms with van der Waals surface area (Å²) < 4.78 is 5.41. The Morgan fingerprint density at radius 3 is 2.86 bits per heavy atom. The maximum atomic E-state index is 5.95. The second kappa shape index (κ2) is 5.14. The van der Waals surface area contributed by atoms with Crippen molar-refractivity contribution in [2.45, 2.75) is 6.17 Å². The van der Waals surface area contributed by atoms with Crippen molar-refractivity contribution in [3.8, 4) is 0 Å². The van der Waals surface area contributed by atoms with Crippen LogP contribution in [0.25, 0.3) is 5.70 Å². The molecule has 0 bridgehead atoms. The van der Waals surface area contributed by atoms with Crippen molar-refractivity contribution in [3.05, 3.63) is 64.4 Å². The first-order valence-electron chi connectivity index (χ1n) is 6.37. The van der Waals surface area contributed by atoms with E-state index in [0.29, 0.717) is 0 Å². The molecule has 4 rings (SSSR count). The summed E-state index contributed by atoms with van der Waals surface area (Å²) in [5, 5.41) is 9.96. The summed E-state index contributed by atoms with van der Waals surface area (Å²) in [5.41, 5.74) is 8.51. The number of nitrogens with one attached hydrogen (secondary N) is 2. The van der Waals surface area contributed by atoms with Crippen molar-refractivity contribution in [1.29, 1.82) is 0 Å². The third-order valence-electron chi connectivity index (χ3n) is 3.22. The maximum Gasteiger partial charge on any atom is 0.206 e. The van der Waals surface area contributed by atoms with Crippen molar-refractivity contribution in [1.82, 2.24) is 15.9 Å². The lowest BCUT2D eigenvalue weighted by atomic mass is 10.2. The molecule has 1 aromatic heterocycles. The minimum atomic E-state index is -0.196. The molecule has 7 heteroatoms. The van der Waals surface area contributed by atoms with Gasteiger partial charge in [-0.15, -0.1) is 0 Å². The molecular formula is C14H11ClN4OS. The molecule has 2 aromatic rings. The number of amidine groups is 1. The van der Waals surface area contributed by atoms with Crippen molar-refractivity contribution < 1.29 is 4.42 Å². The van der Waals surface area contributed by atoms with Gasteiger partial charge in [-0.05, 0) is 24.3 Å². The van der Waals surface area contributed by atoms with Gasteiger partial charge in [0.25, 0.3) is 0 Å². The molecule has 0 saturated heterocycles. The van der Waals surface area contributed by atoms with Gasteiger partial charge in [-0.2, -0.15) is 10.5 Å². The summed E-state index contributed by atoms with van der Waals surface area (Å²) in [6.45, 7) is 0. The van der Waals surface area contributed by atoms with E-state index in [9.17, 15) is 0 Å². The fourth-order valence-electron chi connectivity index (χ4n) is 2.20. The highest BCUT2D eigenvalue weighted by Crippen LogP contribution is 2.34. The van der Waals surface area contributed by atoms with Crippen molar-refractivity contribution >= 4 is 34.2 Å². The van der Waals surface area contributed by atoms with Gasteiger partial charge in [0, 0.05) is 16.0 Å². The lowest BCUT2D eigenvalue weighted by Crippen LogP contribution is -2.49. The minimum absolute atomic E-state index is 0.196. The van der Waals surface area contributed by atoms with Gasteiger partial charge in [-0.25, -0.2) is 5.01 Å². The molecule has 2 N–H and O–H groups in total. The van der Waals surface area contributed by atoms with Gasteiger partial charge < -0.3 is 4.42 Å². The summed E-state index contributed by atoms with van der Waals surface area (Å²) in [5.74, 6) is 0.783. The predicted octanol–water partition coefficient (Wildman–Crippen LogP) is 3.36. The van der Waals surface area contributed by atoms with Crippen LogP contribution in [-0.2, 0) is 0 Å². The van der Waals surface area contributed by atoms with Crippen LogP contribution in [0.15, 0.2) is 57.6 Å². The van der Waals surface area contributed by atoms with E-state index >= 15 is 0 Å². The lowest BCUT2D eigenvalue weighted by molar-refractivity contribution is 0.256. The van der Waals surface area contributed by atoms with Gasteiger partial charge in [0.15, 0.2) is 6.17 Å². The minimum Gasteiger partial charge on any atom is -0.466 e. The van der Waals surface area contributed by atoms with E-state index in [2.05, 4.69) is 21.4 Å². The third kappa shape index (κ3) is 2.31. The van der Waals surface area contributed by atoms with E-state index < -0.39 is 0 Å². The first-order valence-corrected chi connectivity index (χ1v) is 7.63. The fraction of sp³-hybridized carbons (Fsp3) is 0.0714. The van der Waals surface area contributed by atoms with E-state index in [-0.39, 0.29) is 6.17 Å². The zero-order chi connectivity index (χ0) is 14.2. The number of hydrogen-bond acceptors (Lipinski definition) is 6. The Morgan fingerprint density at radius 1 is 1.24 bits per heavy atom. The monoisotopic (exact) mass is 318 g/mol. The second-order valence-corrected chi connectivity index (χ2v) is 5.84. The van der Waals surface area contributed by atoms with Gasteiger partial charge in [0.1, 0.15) is 5.76 Å². The largest absolute Gasteiger partial charge is 0.466 e. The number of thioether (sulfide) groups is 1. The number of nitrogens with zero attached hydrogens (tertiary/aromatic N) is 2. The highest BCUT2D eigenvalue weighted by molar-refractivity contribution is 8.16. The van der Waals surface area contributed by atoms with Crippen LogP contribution in [0.2, 0.25) is 5.02 Å². The van der Waals surface area contributed by atoms with E-state index in [1.54, 1.807) is 18.0 Å². The first-order chi connectivity index (χ1) is 10.3. The molecule has 2 aliphatic rings. The smallest absolute Gasteiger partial charge is 0.206 e. The molecular weight excluding hydrogens is 308 g/mol. The Balaban J connectivity index is 1.62. The van der Waals surface area contributed by atoms with Crippen molar-refractivity contribution in [2.24, 2.45) is 5.10 Å². The number of halogens is 1. The molecule has 0 amide bonds. The maximum absolute atomic E-state index is 5.95. The number of hydrazine groups is 1. The molecule has 2 aliphatic heterocycles. The van der Waals surface area contributed by atoms with Crippen LogP contribution in [0.3, 0.4) is 0 Å². The standard InChI is InChI=1S/C14H11ClN4OS/c15-10-5-3-9(4-6-10)11-8-21-14-17-16-13(18-19(11)14)12-2-1-7-20-12/h1-8,13,16,18H. The zero-order valence-electron chi connectivity index (χ0n) is 10.8.